The standard InChI is InChI=1S/C19H16ClN5O2S/c1-24-8-14(6-21-24)18-23-16(12-28-18)11-27-19(26)15-7-22-25(10-15)9-13-4-2-3-5-17(13)20/h2-8,10,12H,9,11H2,1H3. The number of thiazole rings is 1. The predicted octanol–water partition coefficient (Wildman–Crippen LogP) is 3.80. The number of nitrogens with zero attached hydrogens (tertiary/aromatic N) is 5. The lowest BCUT2D eigenvalue weighted by Crippen LogP contribution is -2.05. The Morgan fingerprint density at radius 1 is 1.21 bits per heavy atom. The maximum Gasteiger partial charge on any atom is 0.341 e. The van der Waals surface area contributed by atoms with Gasteiger partial charge in [-0.1, -0.05) is 29.8 Å². The quantitative estimate of drug-likeness (QED) is 0.449. The smallest absolute Gasteiger partial charge is 0.341 e. The van der Waals surface area contributed by atoms with E-state index in [0.29, 0.717) is 22.8 Å². The summed E-state index contributed by atoms with van der Waals surface area (Å²) in [6, 6.07) is 7.52. The van der Waals surface area contributed by atoms with Gasteiger partial charge in [-0.25, -0.2) is 9.78 Å². The van der Waals surface area contributed by atoms with E-state index in [1.54, 1.807) is 21.8 Å². The maximum absolute atomic E-state index is 12.3. The van der Waals surface area contributed by atoms with Crippen molar-refractivity contribution in [1.82, 2.24) is 24.5 Å². The van der Waals surface area contributed by atoms with Crippen LogP contribution in [0.5, 0.6) is 0 Å². The summed E-state index contributed by atoms with van der Waals surface area (Å²) < 4.78 is 8.73. The second kappa shape index (κ2) is 7.95. The van der Waals surface area contributed by atoms with Crippen LogP contribution in [0.3, 0.4) is 0 Å². The molecule has 28 heavy (non-hydrogen) atoms. The second-order valence-corrected chi connectivity index (χ2v) is 7.41. The maximum atomic E-state index is 12.3. The van der Waals surface area contributed by atoms with Gasteiger partial charge in [0.15, 0.2) is 0 Å². The van der Waals surface area contributed by atoms with E-state index in [1.807, 2.05) is 42.9 Å². The Hall–Kier alpha value is -2.97. The molecule has 0 unspecified atom stereocenters. The number of hydrogen-bond acceptors (Lipinski definition) is 6. The van der Waals surface area contributed by atoms with Crippen molar-refractivity contribution in [3.8, 4) is 10.6 Å². The van der Waals surface area contributed by atoms with Gasteiger partial charge in [-0.2, -0.15) is 10.2 Å². The number of hydrogen-bond donors (Lipinski definition) is 0. The molecule has 0 fully saturated rings. The molecule has 0 atom stereocenters. The van der Waals surface area contributed by atoms with E-state index in [2.05, 4.69) is 15.2 Å². The minimum absolute atomic E-state index is 0.102. The van der Waals surface area contributed by atoms with Crippen LogP contribution >= 0.6 is 22.9 Å². The van der Waals surface area contributed by atoms with Crippen molar-refractivity contribution < 1.29 is 9.53 Å². The van der Waals surface area contributed by atoms with Crippen molar-refractivity contribution in [3.63, 3.8) is 0 Å². The minimum Gasteiger partial charge on any atom is -0.455 e. The van der Waals surface area contributed by atoms with Crippen LogP contribution in [0.25, 0.3) is 10.6 Å². The number of ether oxygens (including phenoxy) is 1. The molecule has 0 aliphatic heterocycles. The van der Waals surface area contributed by atoms with Gasteiger partial charge in [0.1, 0.15) is 11.6 Å². The number of benzene rings is 1. The van der Waals surface area contributed by atoms with Crippen molar-refractivity contribution in [3.05, 3.63) is 76.3 Å². The van der Waals surface area contributed by atoms with Gasteiger partial charge in [0, 0.05) is 35.4 Å². The van der Waals surface area contributed by atoms with E-state index in [9.17, 15) is 4.79 Å². The van der Waals surface area contributed by atoms with Crippen LogP contribution in [0.15, 0.2) is 54.4 Å². The fraction of sp³-hybridized carbons (Fsp3) is 0.158. The van der Waals surface area contributed by atoms with Gasteiger partial charge >= 0.3 is 5.97 Å². The Bertz CT molecular complexity index is 1120. The molecular formula is C19H16ClN5O2S. The van der Waals surface area contributed by atoms with E-state index < -0.39 is 5.97 Å². The molecular weight excluding hydrogens is 398 g/mol. The molecule has 0 spiro atoms. The first-order valence-electron chi connectivity index (χ1n) is 8.45. The molecule has 0 aliphatic carbocycles. The highest BCUT2D eigenvalue weighted by molar-refractivity contribution is 7.13. The first-order chi connectivity index (χ1) is 13.6. The van der Waals surface area contributed by atoms with Gasteiger partial charge in [-0.05, 0) is 11.6 Å². The molecule has 3 heterocycles. The van der Waals surface area contributed by atoms with Crippen LogP contribution in [0.2, 0.25) is 5.02 Å². The average Bonchev–Trinajstić information content (AvgIpc) is 3.42. The van der Waals surface area contributed by atoms with Crippen LogP contribution in [0.1, 0.15) is 21.6 Å². The van der Waals surface area contributed by atoms with Crippen molar-refractivity contribution in [1.29, 1.82) is 0 Å². The van der Waals surface area contributed by atoms with Gasteiger partial charge in [-0.3, -0.25) is 9.36 Å². The molecule has 4 aromatic rings. The zero-order valence-corrected chi connectivity index (χ0v) is 16.5. The lowest BCUT2D eigenvalue weighted by molar-refractivity contribution is 0.0468. The lowest BCUT2D eigenvalue weighted by Gasteiger charge is -2.03. The topological polar surface area (TPSA) is 74.8 Å². The van der Waals surface area contributed by atoms with Crippen LogP contribution in [-0.2, 0) is 24.9 Å². The van der Waals surface area contributed by atoms with Crippen LogP contribution in [0, 0.1) is 0 Å². The van der Waals surface area contributed by atoms with Crippen LogP contribution < -0.4 is 0 Å². The molecule has 0 aliphatic rings. The van der Waals surface area contributed by atoms with Crippen LogP contribution in [0.4, 0.5) is 0 Å². The number of carbonyl (C=O) groups is 1. The normalized spacial score (nSPS) is 10.9. The Labute approximate surface area is 170 Å². The van der Waals surface area contributed by atoms with Gasteiger partial charge < -0.3 is 4.74 Å². The number of halogens is 1. The molecule has 9 heteroatoms. The Kier molecular flexibility index (Phi) is 5.23. The summed E-state index contributed by atoms with van der Waals surface area (Å²) in [4.78, 5) is 16.8. The zero-order chi connectivity index (χ0) is 19.5. The zero-order valence-electron chi connectivity index (χ0n) is 14.9. The molecule has 0 bridgehead atoms. The Morgan fingerprint density at radius 2 is 2.07 bits per heavy atom. The molecule has 0 N–H and O–H groups in total. The molecule has 0 saturated heterocycles. The van der Waals surface area contributed by atoms with Crippen molar-refractivity contribution in [2.24, 2.45) is 7.05 Å². The van der Waals surface area contributed by atoms with Gasteiger partial charge in [-0.15, -0.1) is 11.3 Å². The van der Waals surface area contributed by atoms with E-state index in [4.69, 9.17) is 16.3 Å². The van der Waals surface area contributed by atoms with Crippen molar-refractivity contribution >= 4 is 28.9 Å². The molecule has 3 aromatic heterocycles. The molecule has 1 aromatic carbocycles. The fourth-order valence-corrected chi connectivity index (χ4v) is 3.59. The molecule has 0 radical (unpaired) electrons. The molecule has 142 valence electrons. The largest absolute Gasteiger partial charge is 0.455 e. The summed E-state index contributed by atoms with van der Waals surface area (Å²) in [5, 5.41) is 11.7. The molecule has 0 saturated carbocycles. The van der Waals surface area contributed by atoms with Gasteiger partial charge in [0.05, 0.1) is 30.2 Å². The molecule has 7 nitrogen and oxygen atoms in total. The van der Waals surface area contributed by atoms with Crippen LogP contribution in [-0.4, -0.2) is 30.5 Å². The fourth-order valence-electron chi connectivity index (χ4n) is 2.62. The summed E-state index contributed by atoms with van der Waals surface area (Å²) in [6.45, 7) is 0.582. The van der Waals surface area contributed by atoms with E-state index >= 15 is 0 Å². The SMILES string of the molecule is Cn1cc(-c2nc(COC(=O)c3cnn(Cc4ccccc4Cl)c3)cs2)cn1. The number of carbonyl (C=O) groups excluding carboxylic acids is 1. The first-order valence-corrected chi connectivity index (χ1v) is 9.70. The summed E-state index contributed by atoms with van der Waals surface area (Å²) in [5.74, 6) is -0.443. The summed E-state index contributed by atoms with van der Waals surface area (Å²) in [6.07, 6.45) is 6.78. The van der Waals surface area contributed by atoms with Crippen molar-refractivity contribution in [2.75, 3.05) is 0 Å². The minimum atomic E-state index is -0.443. The number of rotatable bonds is 6. The summed E-state index contributed by atoms with van der Waals surface area (Å²) >= 11 is 7.65. The third kappa shape index (κ3) is 4.13. The van der Waals surface area contributed by atoms with E-state index in [0.717, 1.165) is 16.1 Å². The van der Waals surface area contributed by atoms with E-state index in [1.165, 1.54) is 17.5 Å². The van der Waals surface area contributed by atoms with E-state index in [-0.39, 0.29) is 6.61 Å². The Balaban J connectivity index is 1.36. The Morgan fingerprint density at radius 3 is 2.86 bits per heavy atom. The predicted molar refractivity (Wildman–Crippen MR) is 106 cm³/mol. The number of esters is 1. The highest BCUT2D eigenvalue weighted by atomic mass is 35.5. The summed E-state index contributed by atoms with van der Waals surface area (Å²) in [5.41, 5.74) is 2.94. The third-order valence-electron chi connectivity index (χ3n) is 4.01. The second-order valence-electron chi connectivity index (χ2n) is 6.14. The van der Waals surface area contributed by atoms with Crippen molar-refractivity contribution in [2.45, 2.75) is 13.2 Å². The average molecular weight is 414 g/mol. The number of aromatic nitrogens is 5. The molecule has 0 amide bonds. The van der Waals surface area contributed by atoms with Gasteiger partial charge in [0.2, 0.25) is 0 Å². The van der Waals surface area contributed by atoms with Gasteiger partial charge in [0.25, 0.3) is 0 Å². The summed E-state index contributed by atoms with van der Waals surface area (Å²) in [7, 11) is 1.85. The monoisotopic (exact) mass is 413 g/mol. The first kappa shape index (κ1) is 18.4. The number of aryl methyl sites for hydroxylation is 1. The highest BCUT2D eigenvalue weighted by Gasteiger charge is 2.13. The lowest BCUT2D eigenvalue weighted by atomic mass is 10.2. The third-order valence-corrected chi connectivity index (χ3v) is 5.32. The highest BCUT2D eigenvalue weighted by Crippen LogP contribution is 2.23. The molecule has 4 rings (SSSR count).